The zero-order valence-electron chi connectivity index (χ0n) is 12.5. The SMILES string of the molecule is CC(C)NCc1ccc(N(C)c2ccc(F)cc2)c(F)c1. The van der Waals surface area contributed by atoms with Gasteiger partial charge in [0.15, 0.2) is 0 Å². The first-order valence-electron chi connectivity index (χ1n) is 6.98. The third kappa shape index (κ3) is 4.02. The molecule has 0 aliphatic heterocycles. The van der Waals surface area contributed by atoms with Crippen molar-refractivity contribution < 1.29 is 8.78 Å². The van der Waals surface area contributed by atoms with Crippen LogP contribution in [-0.4, -0.2) is 13.1 Å². The van der Waals surface area contributed by atoms with Crippen molar-refractivity contribution >= 4 is 11.4 Å². The minimum Gasteiger partial charge on any atom is -0.342 e. The highest BCUT2D eigenvalue weighted by molar-refractivity contribution is 5.63. The number of halogens is 2. The molecule has 1 N–H and O–H groups in total. The largest absolute Gasteiger partial charge is 0.342 e. The van der Waals surface area contributed by atoms with Crippen LogP contribution in [0.15, 0.2) is 42.5 Å². The van der Waals surface area contributed by atoms with E-state index < -0.39 is 0 Å². The molecule has 0 aliphatic rings. The van der Waals surface area contributed by atoms with Crippen LogP contribution in [0, 0.1) is 11.6 Å². The van der Waals surface area contributed by atoms with E-state index in [1.54, 1.807) is 30.1 Å². The summed E-state index contributed by atoms with van der Waals surface area (Å²) in [6.07, 6.45) is 0. The van der Waals surface area contributed by atoms with E-state index in [0.717, 1.165) is 11.3 Å². The van der Waals surface area contributed by atoms with Gasteiger partial charge in [-0.3, -0.25) is 0 Å². The molecular weight excluding hydrogens is 270 g/mol. The molecule has 0 aliphatic carbocycles. The molecule has 0 atom stereocenters. The Bertz CT molecular complexity index is 594. The van der Waals surface area contributed by atoms with Crippen LogP contribution in [-0.2, 0) is 6.54 Å². The number of hydrogen-bond acceptors (Lipinski definition) is 2. The van der Waals surface area contributed by atoms with E-state index in [2.05, 4.69) is 5.32 Å². The van der Waals surface area contributed by atoms with E-state index in [-0.39, 0.29) is 11.6 Å². The first-order valence-corrected chi connectivity index (χ1v) is 6.98. The van der Waals surface area contributed by atoms with Gasteiger partial charge in [-0.05, 0) is 42.0 Å². The van der Waals surface area contributed by atoms with Gasteiger partial charge in [-0.2, -0.15) is 0 Å². The molecule has 21 heavy (non-hydrogen) atoms. The molecule has 0 unspecified atom stereocenters. The number of hydrogen-bond donors (Lipinski definition) is 1. The lowest BCUT2D eigenvalue weighted by Gasteiger charge is -2.20. The monoisotopic (exact) mass is 290 g/mol. The highest BCUT2D eigenvalue weighted by atomic mass is 19.1. The summed E-state index contributed by atoms with van der Waals surface area (Å²) in [7, 11) is 1.76. The molecular formula is C17H20F2N2. The molecule has 0 amide bonds. The summed E-state index contributed by atoms with van der Waals surface area (Å²) in [4.78, 5) is 1.70. The number of rotatable bonds is 5. The van der Waals surface area contributed by atoms with Gasteiger partial charge < -0.3 is 10.2 Å². The summed E-state index contributed by atoms with van der Waals surface area (Å²) in [6.45, 7) is 4.73. The summed E-state index contributed by atoms with van der Waals surface area (Å²) in [5, 5.41) is 3.25. The van der Waals surface area contributed by atoms with Crippen molar-refractivity contribution in [3.05, 3.63) is 59.7 Å². The van der Waals surface area contributed by atoms with Gasteiger partial charge in [0.25, 0.3) is 0 Å². The van der Waals surface area contributed by atoms with Crippen LogP contribution in [0.5, 0.6) is 0 Å². The second-order valence-electron chi connectivity index (χ2n) is 5.36. The highest BCUT2D eigenvalue weighted by Crippen LogP contribution is 2.27. The molecule has 0 bridgehead atoms. The zero-order valence-corrected chi connectivity index (χ0v) is 12.5. The van der Waals surface area contributed by atoms with E-state index in [0.29, 0.717) is 18.3 Å². The van der Waals surface area contributed by atoms with E-state index in [4.69, 9.17) is 0 Å². The standard InChI is InChI=1S/C17H20F2N2/c1-12(2)20-11-13-4-9-17(16(19)10-13)21(3)15-7-5-14(18)6-8-15/h4-10,12,20H,11H2,1-3H3. The van der Waals surface area contributed by atoms with Crippen molar-refractivity contribution in [3.8, 4) is 0 Å². The maximum atomic E-state index is 14.2. The average molecular weight is 290 g/mol. The van der Waals surface area contributed by atoms with Crippen LogP contribution in [0.1, 0.15) is 19.4 Å². The average Bonchev–Trinajstić information content (AvgIpc) is 2.45. The number of nitrogens with one attached hydrogen (secondary N) is 1. The molecule has 0 spiro atoms. The molecule has 0 heterocycles. The Labute approximate surface area is 124 Å². The zero-order chi connectivity index (χ0) is 15.4. The van der Waals surface area contributed by atoms with Gasteiger partial charge in [-0.1, -0.05) is 19.9 Å². The van der Waals surface area contributed by atoms with E-state index in [9.17, 15) is 8.78 Å². The molecule has 2 rings (SSSR count). The predicted octanol–water partition coefficient (Wildman–Crippen LogP) is 4.23. The molecule has 2 nitrogen and oxygen atoms in total. The molecule has 0 aromatic heterocycles. The third-order valence-electron chi connectivity index (χ3n) is 3.30. The first kappa shape index (κ1) is 15.4. The Morgan fingerprint density at radius 2 is 1.71 bits per heavy atom. The van der Waals surface area contributed by atoms with Gasteiger partial charge in [-0.15, -0.1) is 0 Å². The number of nitrogens with zero attached hydrogens (tertiary/aromatic N) is 1. The van der Waals surface area contributed by atoms with Gasteiger partial charge in [-0.25, -0.2) is 8.78 Å². The Balaban J connectivity index is 2.18. The van der Waals surface area contributed by atoms with Crippen LogP contribution in [0.2, 0.25) is 0 Å². The topological polar surface area (TPSA) is 15.3 Å². The molecule has 2 aromatic carbocycles. The normalized spacial score (nSPS) is 11.0. The Morgan fingerprint density at radius 3 is 2.29 bits per heavy atom. The Hall–Kier alpha value is -1.94. The summed E-state index contributed by atoms with van der Waals surface area (Å²) in [5.41, 5.74) is 2.11. The maximum absolute atomic E-state index is 14.2. The van der Waals surface area contributed by atoms with Crippen LogP contribution in [0.25, 0.3) is 0 Å². The van der Waals surface area contributed by atoms with E-state index >= 15 is 0 Å². The van der Waals surface area contributed by atoms with Crippen LogP contribution in [0.3, 0.4) is 0 Å². The summed E-state index contributed by atoms with van der Waals surface area (Å²) >= 11 is 0. The van der Waals surface area contributed by atoms with E-state index in [1.165, 1.54) is 18.2 Å². The molecule has 0 fully saturated rings. The second-order valence-corrected chi connectivity index (χ2v) is 5.36. The first-order chi connectivity index (χ1) is 9.97. The van der Waals surface area contributed by atoms with Crippen molar-refractivity contribution in [3.63, 3.8) is 0 Å². The van der Waals surface area contributed by atoms with Crippen molar-refractivity contribution in [2.24, 2.45) is 0 Å². The third-order valence-corrected chi connectivity index (χ3v) is 3.30. The van der Waals surface area contributed by atoms with Gasteiger partial charge >= 0.3 is 0 Å². The van der Waals surface area contributed by atoms with Gasteiger partial charge in [0.2, 0.25) is 0 Å². The fraction of sp³-hybridized carbons (Fsp3) is 0.294. The highest BCUT2D eigenvalue weighted by Gasteiger charge is 2.10. The Kier molecular flexibility index (Phi) is 4.91. The Morgan fingerprint density at radius 1 is 1.05 bits per heavy atom. The molecule has 4 heteroatoms. The van der Waals surface area contributed by atoms with Gasteiger partial charge in [0.05, 0.1) is 5.69 Å². The van der Waals surface area contributed by atoms with Gasteiger partial charge in [0, 0.05) is 25.3 Å². The van der Waals surface area contributed by atoms with Crippen molar-refractivity contribution in [1.29, 1.82) is 0 Å². The van der Waals surface area contributed by atoms with E-state index in [1.807, 2.05) is 19.9 Å². The van der Waals surface area contributed by atoms with Crippen LogP contribution >= 0.6 is 0 Å². The lowest BCUT2D eigenvalue weighted by Crippen LogP contribution is -2.22. The summed E-state index contributed by atoms with van der Waals surface area (Å²) in [5.74, 6) is -0.590. The van der Waals surface area contributed by atoms with Gasteiger partial charge in [0.1, 0.15) is 11.6 Å². The fourth-order valence-electron chi connectivity index (χ4n) is 2.06. The van der Waals surface area contributed by atoms with Crippen LogP contribution in [0.4, 0.5) is 20.2 Å². The lowest BCUT2D eigenvalue weighted by molar-refractivity contribution is 0.581. The number of benzene rings is 2. The quantitative estimate of drug-likeness (QED) is 0.886. The molecule has 2 aromatic rings. The van der Waals surface area contributed by atoms with Crippen LogP contribution < -0.4 is 10.2 Å². The smallest absolute Gasteiger partial charge is 0.147 e. The summed E-state index contributed by atoms with van der Waals surface area (Å²) < 4.78 is 27.2. The maximum Gasteiger partial charge on any atom is 0.147 e. The van der Waals surface area contributed by atoms with Crippen molar-refractivity contribution in [1.82, 2.24) is 5.32 Å². The predicted molar refractivity (Wildman–Crippen MR) is 82.8 cm³/mol. The summed E-state index contributed by atoms with van der Waals surface area (Å²) in [6, 6.07) is 11.5. The lowest BCUT2D eigenvalue weighted by atomic mass is 10.1. The molecule has 112 valence electrons. The minimum atomic E-state index is -0.303. The fourth-order valence-corrected chi connectivity index (χ4v) is 2.06. The molecule has 0 radical (unpaired) electrons. The number of anilines is 2. The second kappa shape index (κ2) is 6.68. The minimum absolute atomic E-state index is 0.287. The van der Waals surface area contributed by atoms with Crippen molar-refractivity contribution in [2.75, 3.05) is 11.9 Å². The molecule has 0 saturated carbocycles. The van der Waals surface area contributed by atoms with Crippen molar-refractivity contribution in [2.45, 2.75) is 26.4 Å². The molecule has 0 saturated heterocycles.